The molecule has 0 aliphatic carbocycles. The number of ether oxygens (including phenoxy) is 1. The second-order valence-corrected chi connectivity index (χ2v) is 9.66. The molecule has 0 unspecified atom stereocenters. The fourth-order valence-corrected chi connectivity index (χ4v) is 3.29. The van der Waals surface area contributed by atoms with Crippen molar-refractivity contribution in [3.63, 3.8) is 0 Å². The van der Waals surface area contributed by atoms with Gasteiger partial charge in [-0.05, 0) is 59.4 Å². The van der Waals surface area contributed by atoms with E-state index >= 15 is 0 Å². The highest BCUT2D eigenvalue weighted by Crippen LogP contribution is 2.38. The maximum Gasteiger partial charge on any atom is 0.240 e. The first kappa shape index (κ1) is 26.1. The van der Waals surface area contributed by atoms with E-state index in [1.54, 1.807) is 30.5 Å². The minimum atomic E-state index is -0.155. The van der Waals surface area contributed by atoms with Gasteiger partial charge in [0, 0.05) is 12.0 Å². The van der Waals surface area contributed by atoms with E-state index < -0.39 is 0 Å². The maximum absolute atomic E-state index is 12.1. The summed E-state index contributed by atoms with van der Waals surface area (Å²) in [4.78, 5) is 12.1. The van der Waals surface area contributed by atoms with Crippen molar-refractivity contribution in [1.82, 2.24) is 5.43 Å². The van der Waals surface area contributed by atoms with Gasteiger partial charge in [0.25, 0.3) is 0 Å². The lowest BCUT2D eigenvalue weighted by Gasteiger charge is -2.30. The molecule has 0 atom stereocenters. The highest BCUT2D eigenvalue weighted by atomic mass is 16.5. The molecule has 0 radical (unpaired) electrons. The molecule has 0 aliphatic rings. The van der Waals surface area contributed by atoms with Crippen LogP contribution in [0.15, 0.2) is 47.6 Å². The van der Waals surface area contributed by atoms with Crippen molar-refractivity contribution in [3.05, 3.63) is 64.7 Å². The molecule has 0 heterocycles. The summed E-state index contributed by atoms with van der Waals surface area (Å²) in [6, 6.07) is 15.6. The molecular formula is C28H37N3O2. The molecule has 0 saturated carbocycles. The van der Waals surface area contributed by atoms with Crippen molar-refractivity contribution in [2.75, 3.05) is 6.61 Å². The van der Waals surface area contributed by atoms with Crippen LogP contribution in [0.3, 0.4) is 0 Å². The molecule has 2 aromatic carbocycles. The second-order valence-electron chi connectivity index (χ2n) is 9.66. The van der Waals surface area contributed by atoms with E-state index in [-0.39, 0.29) is 16.7 Å². The number of hydrazone groups is 1. The predicted octanol–water partition coefficient (Wildman–Crippen LogP) is 6.24. The van der Waals surface area contributed by atoms with Crippen LogP contribution in [0.1, 0.15) is 89.5 Å². The molecular weight excluding hydrogens is 410 g/mol. The van der Waals surface area contributed by atoms with E-state index in [1.165, 1.54) is 11.1 Å². The first-order valence-corrected chi connectivity index (χ1v) is 11.7. The number of nitriles is 1. The number of hydrogen-bond acceptors (Lipinski definition) is 4. The monoisotopic (exact) mass is 447 g/mol. The Morgan fingerprint density at radius 3 is 2.33 bits per heavy atom. The molecule has 1 amide bonds. The highest BCUT2D eigenvalue weighted by molar-refractivity contribution is 5.82. The van der Waals surface area contributed by atoms with Gasteiger partial charge in [0.1, 0.15) is 5.75 Å². The summed E-state index contributed by atoms with van der Waals surface area (Å²) >= 11 is 0. The average Bonchev–Trinajstić information content (AvgIpc) is 2.82. The van der Waals surface area contributed by atoms with E-state index in [9.17, 15) is 4.79 Å². The normalized spacial score (nSPS) is 11.9. The Balaban J connectivity index is 1.91. The van der Waals surface area contributed by atoms with Gasteiger partial charge in [-0.15, -0.1) is 0 Å². The van der Waals surface area contributed by atoms with Gasteiger partial charge in [-0.1, -0.05) is 65.8 Å². The molecule has 2 rings (SSSR count). The number of amides is 1. The number of carbonyl (C=O) groups excluding carboxylic acids is 1. The van der Waals surface area contributed by atoms with Gasteiger partial charge in [-0.2, -0.15) is 10.4 Å². The summed E-state index contributed by atoms with van der Waals surface area (Å²) in [6.45, 7) is 13.9. The average molecular weight is 448 g/mol. The van der Waals surface area contributed by atoms with E-state index in [0.717, 1.165) is 24.2 Å². The fraction of sp³-hybridized carbons (Fsp3) is 0.464. The van der Waals surface area contributed by atoms with Gasteiger partial charge in [0.2, 0.25) is 5.91 Å². The fourth-order valence-electron chi connectivity index (χ4n) is 3.29. The number of benzene rings is 2. The standard InChI is InChI=1S/C28H37N3O2/c1-7-27(3,4)23-15-16-25(24(18-23)28(5,6)8-2)33-17-9-10-26(32)31-30-20-22-13-11-21(19-29)12-14-22/h11-16,18,20H,7-10,17H2,1-6H3,(H,31,32)/b30-20-. The summed E-state index contributed by atoms with van der Waals surface area (Å²) < 4.78 is 6.13. The van der Waals surface area contributed by atoms with Crippen LogP contribution in [-0.2, 0) is 15.6 Å². The summed E-state index contributed by atoms with van der Waals surface area (Å²) in [5.74, 6) is 0.745. The Bertz CT molecular complexity index is 999. The van der Waals surface area contributed by atoms with Crippen LogP contribution >= 0.6 is 0 Å². The topological polar surface area (TPSA) is 74.5 Å². The van der Waals surface area contributed by atoms with Crippen LogP contribution < -0.4 is 10.2 Å². The van der Waals surface area contributed by atoms with Crippen molar-refractivity contribution in [3.8, 4) is 11.8 Å². The third-order valence-electron chi connectivity index (χ3n) is 6.51. The Hall–Kier alpha value is -3.13. The molecule has 0 bridgehead atoms. The number of carbonyl (C=O) groups is 1. The summed E-state index contributed by atoms with van der Waals surface area (Å²) in [5.41, 5.74) is 6.62. The van der Waals surface area contributed by atoms with Gasteiger partial charge in [-0.25, -0.2) is 5.43 Å². The number of nitrogens with one attached hydrogen (secondary N) is 1. The van der Waals surface area contributed by atoms with Crippen molar-refractivity contribution in [1.29, 1.82) is 5.26 Å². The SMILES string of the molecule is CCC(C)(C)c1ccc(OCCCC(=O)N/N=C\c2ccc(C#N)cc2)c(C(C)(C)CC)c1. The van der Waals surface area contributed by atoms with Gasteiger partial charge in [0.05, 0.1) is 24.5 Å². The Labute approximate surface area is 198 Å². The molecule has 0 spiro atoms. The zero-order valence-corrected chi connectivity index (χ0v) is 20.9. The van der Waals surface area contributed by atoms with Crippen LogP contribution in [-0.4, -0.2) is 18.7 Å². The van der Waals surface area contributed by atoms with Crippen molar-refractivity contribution in [2.45, 2.75) is 78.1 Å². The molecule has 33 heavy (non-hydrogen) atoms. The molecule has 176 valence electrons. The first-order valence-electron chi connectivity index (χ1n) is 11.7. The van der Waals surface area contributed by atoms with Crippen LogP contribution in [0, 0.1) is 11.3 Å². The lowest BCUT2D eigenvalue weighted by Crippen LogP contribution is -2.21. The second kappa shape index (κ2) is 11.7. The lowest BCUT2D eigenvalue weighted by molar-refractivity contribution is -0.121. The number of rotatable bonds is 11. The van der Waals surface area contributed by atoms with Crippen molar-refractivity contribution >= 4 is 12.1 Å². The van der Waals surface area contributed by atoms with E-state index in [2.05, 4.69) is 76.3 Å². The van der Waals surface area contributed by atoms with Crippen LogP contribution in [0.25, 0.3) is 0 Å². The molecule has 0 aliphatic heterocycles. The van der Waals surface area contributed by atoms with E-state index in [0.29, 0.717) is 25.0 Å². The zero-order valence-electron chi connectivity index (χ0n) is 20.9. The Morgan fingerprint density at radius 2 is 1.73 bits per heavy atom. The minimum absolute atomic E-state index is 0.00664. The third kappa shape index (κ3) is 7.46. The number of hydrogen-bond donors (Lipinski definition) is 1. The van der Waals surface area contributed by atoms with Crippen molar-refractivity contribution < 1.29 is 9.53 Å². The van der Waals surface area contributed by atoms with E-state index in [1.807, 2.05) is 0 Å². The quantitative estimate of drug-likeness (QED) is 0.252. The van der Waals surface area contributed by atoms with E-state index in [4.69, 9.17) is 10.00 Å². The molecule has 5 nitrogen and oxygen atoms in total. The smallest absolute Gasteiger partial charge is 0.240 e. The first-order chi connectivity index (χ1) is 15.6. The van der Waals surface area contributed by atoms with Gasteiger partial charge in [-0.3, -0.25) is 4.79 Å². The van der Waals surface area contributed by atoms with Crippen molar-refractivity contribution in [2.24, 2.45) is 5.10 Å². The Morgan fingerprint density at radius 1 is 1.06 bits per heavy atom. The summed E-state index contributed by atoms with van der Waals surface area (Å²) in [7, 11) is 0. The molecule has 2 aromatic rings. The molecule has 0 fully saturated rings. The zero-order chi connectivity index (χ0) is 24.5. The van der Waals surface area contributed by atoms with Gasteiger partial charge >= 0.3 is 0 Å². The molecule has 5 heteroatoms. The van der Waals surface area contributed by atoms with Gasteiger partial charge < -0.3 is 4.74 Å². The van der Waals surface area contributed by atoms with Gasteiger partial charge in [0.15, 0.2) is 0 Å². The molecule has 0 aromatic heterocycles. The molecule has 1 N–H and O–H groups in total. The lowest BCUT2D eigenvalue weighted by atomic mass is 9.76. The summed E-state index contributed by atoms with van der Waals surface area (Å²) in [5, 5.41) is 12.8. The summed E-state index contributed by atoms with van der Waals surface area (Å²) in [6.07, 6.45) is 4.58. The largest absolute Gasteiger partial charge is 0.493 e. The maximum atomic E-state index is 12.1. The number of nitrogens with zero attached hydrogens (tertiary/aromatic N) is 2. The van der Waals surface area contributed by atoms with Crippen LogP contribution in [0.2, 0.25) is 0 Å². The Kier molecular flexibility index (Phi) is 9.22. The molecule has 0 saturated heterocycles. The highest BCUT2D eigenvalue weighted by Gasteiger charge is 2.26. The van der Waals surface area contributed by atoms with Crippen LogP contribution in [0.5, 0.6) is 5.75 Å². The predicted molar refractivity (Wildman–Crippen MR) is 135 cm³/mol. The third-order valence-corrected chi connectivity index (χ3v) is 6.51. The van der Waals surface area contributed by atoms with Crippen LogP contribution in [0.4, 0.5) is 0 Å². The minimum Gasteiger partial charge on any atom is -0.493 e.